The van der Waals surface area contributed by atoms with Crippen molar-refractivity contribution in [2.24, 2.45) is 0 Å². The van der Waals surface area contributed by atoms with Gasteiger partial charge in [-0.2, -0.15) is 4.31 Å². The molecule has 0 radical (unpaired) electrons. The van der Waals surface area contributed by atoms with Crippen LogP contribution in [0.5, 0.6) is 0 Å². The van der Waals surface area contributed by atoms with Gasteiger partial charge < -0.3 is 9.73 Å². The van der Waals surface area contributed by atoms with Gasteiger partial charge in [-0.15, -0.1) is 0 Å². The lowest BCUT2D eigenvalue weighted by molar-refractivity contribution is -0.116. The number of carbonyl (C=O) groups is 1. The van der Waals surface area contributed by atoms with Crippen molar-refractivity contribution in [1.82, 2.24) is 9.62 Å². The molecule has 134 valence electrons. The van der Waals surface area contributed by atoms with Crippen molar-refractivity contribution in [2.45, 2.75) is 13.0 Å². The molecule has 1 aromatic heterocycles. The van der Waals surface area contributed by atoms with Crippen LogP contribution >= 0.6 is 0 Å². The van der Waals surface area contributed by atoms with E-state index in [1.165, 1.54) is 17.4 Å². The number of rotatable bonds is 8. The predicted molar refractivity (Wildman–Crippen MR) is 97.2 cm³/mol. The minimum absolute atomic E-state index is 0.149. The van der Waals surface area contributed by atoms with Gasteiger partial charge in [0.15, 0.2) is 0 Å². The molecule has 0 spiro atoms. The molecule has 0 atom stereocenters. The highest BCUT2D eigenvalue weighted by atomic mass is 32.2. The van der Waals surface area contributed by atoms with Crippen molar-refractivity contribution in [3.8, 4) is 0 Å². The number of nitrogens with zero attached hydrogens (tertiary/aromatic N) is 1. The molecule has 0 saturated carbocycles. The van der Waals surface area contributed by atoms with Gasteiger partial charge >= 0.3 is 0 Å². The fourth-order valence-electron chi connectivity index (χ4n) is 2.10. The first-order valence-corrected chi connectivity index (χ1v) is 9.69. The van der Waals surface area contributed by atoms with Crippen LogP contribution < -0.4 is 5.32 Å². The average molecular weight is 362 g/mol. The number of furan rings is 1. The lowest BCUT2D eigenvalue weighted by atomic mass is 10.1. The summed E-state index contributed by atoms with van der Waals surface area (Å²) in [7, 11) is -1.78. The lowest BCUT2D eigenvalue weighted by Crippen LogP contribution is -2.24. The molecule has 0 aliphatic heterocycles. The summed E-state index contributed by atoms with van der Waals surface area (Å²) in [4.78, 5) is 11.8. The first-order valence-electron chi connectivity index (χ1n) is 7.84. The third kappa shape index (κ3) is 6.56. The van der Waals surface area contributed by atoms with Crippen LogP contribution in [0.1, 0.15) is 17.1 Å². The molecule has 0 saturated heterocycles. The van der Waals surface area contributed by atoms with Gasteiger partial charge in [-0.25, -0.2) is 8.42 Å². The first kappa shape index (κ1) is 19.0. The highest BCUT2D eigenvalue weighted by Gasteiger charge is 2.13. The van der Waals surface area contributed by atoms with Crippen LogP contribution in [0.25, 0.3) is 6.08 Å². The van der Waals surface area contributed by atoms with Gasteiger partial charge in [-0.3, -0.25) is 4.79 Å². The zero-order valence-electron chi connectivity index (χ0n) is 14.3. The highest BCUT2D eigenvalue weighted by Crippen LogP contribution is 2.12. The molecule has 6 nitrogen and oxygen atoms in total. The number of benzene rings is 1. The zero-order chi connectivity index (χ0) is 18.3. The Kier molecular flexibility index (Phi) is 6.55. The Morgan fingerprint density at radius 1 is 1.20 bits per heavy atom. The lowest BCUT2D eigenvalue weighted by Gasteiger charge is -2.11. The number of amides is 1. The molecule has 1 N–H and O–H groups in total. The standard InChI is InChI=1S/C18H22N2O4S/c1-20(25(2,22)23)14-17-9-8-16(24-17)10-11-18(21)19-13-12-15-6-4-3-5-7-15/h3-11H,12-14H2,1-2H3,(H,19,21)/b11-10+. The van der Waals surface area contributed by atoms with Crippen molar-refractivity contribution in [3.63, 3.8) is 0 Å². The van der Waals surface area contributed by atoms with Gasteiger partial charge in [-0.1, -0.05) is 30.3 Å². The largest absolute Gasteiger partial charge is 0.460 e. The van der Waals surface area contributed by atoms with E-state index >= 15 is 0 Å². The molecule has 7 heteroatoms. The van der Waals surface area contributed by atoms with E-state index < -0.39 is 10.0 Å². The highest BCUT2D eigenvalue weighted by molar-refractivity contribution is 7.88. The van der Waals surface area contributed by atoms with Crippen molar-refractivity contribution < 1.29 is 17.6 Å². The van der Waals surface area contributed by atoms with Gasteiger partial charge in [0.2, 0.25) is 15.9 Å². The quantitative estimate of drug-likeness (QED) is 0.729. The SMILES string of the molecule is CN(Cc1ccc(/C=C/C(=O)NCCc2ccccc2)o1)S(C)(=O)=O. The van der Waals surface area contributed by atoms with E-state index in [2.05, 4.69) is 5.32 Å². The number of hydrogen-bond donors (Lipinski definition) is 1. The topological polar surface area (TPSA) is 79.6 Å². The Labute approximate surface area is 148 Å². The molecule has 25 heavy (non-hydrogen) atoms. The summed E-state index contributed by atoms with van der Waals surface area (Å²) in [5, 5.41) is 2.81. The molecule has 2 rings (SSSR count). The molecule has 1 heterocycles. The average Bonchev–Trinajstić information content (AvgIpc) is 3.00. The monoisotopic (exact) mass is 362 g/mol. The molecule has 0 unspecified atom stereocenters. The molecule has 1 aromatic carbocycles. The van der Waals surface area contributed by atoms with E-state index in [1.54, 1.807) is 18.2 Å². The fraction of sp³-hybridized carbons (Fsp3) is 0.278. The van der Waals surface area contributed by atoms with E-state index in [9.17, 15) is 13.2 Å². The Hall–Kier alpha value is -2.38. The number of nitrogens with one attached hydrogen (secondary N) is 1. The number of sulfonamides is 1. The van der Waals surface area contributed by atoms with Crippen molar-refractivity contribution in [3.05, 3.63) is 65.6 Å². The molecule has 0 fully saturated rings. The van der Waals surface area contributed by atoms with Gasteiger partial charge in [0, 0.05) is 19.7 Å². The van der Waals surface area contributed by atoms with E-state index in [0.717, 1.165) is 18.2 Å². The summed E-state index contributed by atoms with van der Waals surface area (Å²) in [5.41, 5.74) is 1.16. The molecule has 1 amide bonds. The van der Waals surface area contributed by atoms with E-state index in [0.29, 0.717) is 18.1 Å². The minimum Gasteiger partial charge on any atom is -0.460 e. The summed E-state index contributed by atoms with van der Waals surface area (Å²) >= 11 is 0. The van der Waals surface area contributed by atoms with Gasteiger partial charge in [0.05, 0.1) is 12.8 Å². The maximum atomic E-state index is 11.8. The molecular weight excluding hydrogens is 340 g/mol. The molecule has 0 aliphatic carbocycles. The summed E-state index contributed by atoms with van der Waals surface area (Å²) in [6.07, 6.45) is 4.86. The van der Waals surface area contributed by atoms with Crippen molar-refractivity contribution >= 4 is 22.0 Å². The Bertz CT molecular complexity index is 826. The van der Waals surface area contributed by atoms with Crippen LogP contribution in [0.3, 0.4) is 0 Å². The van der Waals surface area contributed by atoms with Gasteiger partial charge in [-0.05, 0) is 30.2 Å². The molecule has 0 aliphatic rings. The molecule has 2 aromatic rings. The maximum absolute atomic E-state index is 11.8. The molecule has 0 bridgehead atoms. The fourth-order valence-corrected chi connectivity index (χ4v) is 2.46. The first-order chi connectivity index (χ1) is 11.8. The summed E-state index contributed by atoms with van der Waals surface area (Å²) in [6, 6.07) is 13.3. The maximum Gasteiger partial charge on any atom is 0.244 e. The second-order valence-corrected chi connectivity index (χ2v) is 7.77. The van der Waals surface area contributed by atoms with Crippen LogP contribution in [0.15, 0.2) is 53.0 Å². The minimum atomic E-state index is -3.26. The zero-order valence-corrected chi connectivity index (χ0v) is 15.1. The Morgan fingerprint density at radius 2 is 1.92 bits per heavy atom. The Balaban J connectivity index is 1.80. The normalized spacial score (nSPS) is 12.0. The van der Waals surface area contributed by atoms with E-state index in [1.807, 2.05) is 30.3 Å². The third-order valence-corrected chi connectivity index (χ3v) is 4.84. The summed E-state index contributed by atoms with van der Waals surface area (Å²) in [6.45, 7) is 0.700. The van der Waals surface area contributed by atoms with Crippen LogP contribution in [0, 0.1) is 0 Å². The van der Waals surface area contributed by atoms with Crippen LogP contribution in [0.4, 0.5) is 0 Å². The van der Waals surface area contributed by atoms with Crippen LogP contribution in [0.2, 0.25) is 0 Å². The Morgan fingerprint density at radius 3 is 2.60 bits per heavy atom. The molecular formula is C18H22N2O4S. The van der Waals surface area contributed by atoms with E-state index in [4.69, 9.17) is 4.42 Å². The summed E-state index contributed by atoms with van der Waals surface area (Å²) < 4.78 is 29.4. The summed E-state index contributed by atoms with van der Waals surface area (Å²) in [5.74, 6) is 0.800. The van der Waals surface area contributed by atoms with Crippen LogP contribution in [-0.4, -0.2) is 38.5 Å². The van der Waals surface area contributed by atoms with Crippen molar-refractivity contribution in [2.75, 3.05) is 19.8 Å². The number of carbonyl (C=O) groups excluding carboxylic acids is 1. The van der Waals surface area contributed by atoms with Crippen molar-refractivity contribution in [1.29, 1.82) is 0 Å². The van der Waals surface area contributed by atoms with E-state index in [-0.39, 0.29) is 12.5 Å². The van der Waals surface area contributed by atoms with Crippen LogP contribution in [-0.2, 0) is 27.8 Å². The predicted octanol–water partition coefficient (Wildman–Crippen LogP) is 2.04. The third-order valence-electron chi connectivity index (χ3n) is 3.58. The van der Waals surface area contributed by atoms with Gasteiger partial charge in [0.1, 0.15) is 11.5 Å². The van der Waals surface area contributed by atoms with Gasteiger partial charge in [0.25, 0.3) is 0 Å². The smallest absolute Gasteiger partial charge is 0.244 e. The second-order valence-electron chi connectivity index (χ2n) is 5.68. The second kappa shape index (κ2) is 8.64. The number of hydrogen-bond acceptors (Lipinski definition) is 4.